The van der Waals surface area contributed by atoms with E-state index in [1.54, 1.807) is 18.3 Å². The topological polar surface area (TPSA) is 72.2 Å². The minimum absolute atomic E-state index is 0.00226. The van der Waals surface area contributed by atoms with Crippen molar-refractivity contribution >= 4 is 27.5 Å². The number of hydrogen-bond donors (Lipinski definition) is 1. The SMILES string of the molecule is CCC(C(=O)O)n1c(C(C)C)nc2sc3c(c2c1=O)CCC3. The molecule has 6 heteroatoms. The fraction of sp³-hybridized carbons (Fsp3) is 0.562. The Morgan fingerprint density at radius 1 is 1.41 bits per heavy atom. The van der Waals surface area contributed by atoms with Crippen molar-refractivity contribution in [3.63, 3.8) is 0 Å². The lowest BCUT2D eigenvalue weighted by Gasteiger charge is -2.20. The maximum Gasteiger partial charge on any atom is 0.326 e. The summed E-state index contributed by atoms with van der Waals surface area (Å²) in [6.07, 6.45) is 3.34. The lowest BCUT2D eigenvalue weighted by molar-refractivity contribution is -0.141. The molecule has 0 spiro atoms. The van der Waals surface area contributed by atoms with E-state index in [9.17, 15) is 14.7 Å². The van der Waals surface area contributed by atoms with Crippen molar-refractivity contribution in [2.75, 3.05) is 0 Å². The van der Waals surface area contributed by atoms with Crippen molar-refractivity contribution in [2.45, 2.75) is 58.4 Å². The molecule has 5 nitrogen and oxygen atoms in total. The van der Waals surface area contributed by atoms with Crippen LogP contribution in [0.15, 0.2) is 4.79 Å². The van der Waals surface area contributed by atoms with Crippen molar-refractivity contribution in [2.24, 2.45) is 0 Å². The molecule has 1 atom stereocenters. The lowest BCUT2D eigenvalue weighted by Crippen LogP contribution is -2.33. The van der Waals surface area contributed by atoms with Gasteiger partial charge in [0.25, 0.3) is 5.56 Å². The monoisotopic (exact) mass is 320 g/mol. The summed E-state index contributed by atoms with van der Waals surface area (Å²) in [6.45, 7) is 5.68. The molecule has 3 rings (SSSR count). The number of aliphatic carboxylic acids is 1. The summed E-state index contributed by atoms with van der Waals surface area (Å²) in [4.78, 5) is 31.3. The second-order valence-corrected chi connectivity index (χ2v) is 7.18. The molecule has 22 heavy (non-hydrogen) atoms. The van der Waals surface area contributed by atoms with E-state index in [0.717, 1.165) is 29.7 Å². The molecule has 0 saturated carbocycles. The second kappa shape index (κ2) is 5.50. The maximum absolute atomic E-state index is 13.0. The van der Waals surface area contributed by atoms with Gasteiger partial charge in [0.1, 0.15) is 16.7 Å². The van der Waals surface area contributed by atoms with Crippen LogP contribution in [0.1, 0.15) is 61.8 Å². The summed E-state index contributed by atoms with van der Waals surface area (Å²) in [5.41, 5.74) is 0.921. The predicted octanol–water partition coefficient (Wildman–Crippen LogP) is 3.11. The molecule has 0 radical (unpaired) electrons. The Hall–Kier alpha value is -1.69. The van der Waals surface area contributed by atoms with Crippen LogP contribution < -0.4 is 5.56 Å². The number of aryl methyl sites for hydroxylation is 2. The van der Waals surface area contributed by atoms with Crippen molar-refractivity contribution < 1.29 is 9.90 Å². The third kappa shape index (κ3) is 2.17. The first-order valence-electron chi connectivity index (χ1n) is 7.75. The number of thiophene rings is 1. The van der Waals surface area contributed by atoms with Crippen LogP contribution in [0.3, 0.4) is 0 Å². The first kappa shape index (κ1) is 15.2. The summed E-state index contributed by atoms with van der Waals surface area (Å²) in [7, 11) is 0. The van der Waals surface area contributed by atoms with Crippen molar-refractivity contribution in [1.29, 1.82) is 0 Å². The fourth-order valence-corrected chi connectivity index (χ4v) is 4.51. The van der Waals surface area contributed by atoms with Crippen molar-refractivity contribution in [1.82, 2.24) is 9.55 Å². The number of carboxylic acid groups (broad SMARTS) is 1. The summed E-state index contributed by atoms with van der Waals surface area (Å²) in [5.74, 6) is -0.395. The summed E-state index contributed by atoms with van der Waals surface area (Å²) < 4.78 is 1.42. The van der Waals surface area contributed by atoms with Crippen LogP contribution in [0, 0.1) is 0 Å². The Bertz CT molecular complexity index is 804. The van der Waals surface area contributed by atoms with Gasteiger partial charge in [-0.15, -0.1) is 11.3 Å². The minimum atomic E-state index is -0.973. The van der Waals surface area contributed by atoms with Gasteiger partial charge in [-0.25, -0.2) is 9.78 Å². The van der Waals surface area contributed by atoms with E-state index in [1.807, 2.05) is 13.8 Å². The highest BCUT2D eigenvalue weighted by Gasteiger charge is 2.28. The number of carbonyl (C=O) groups is 1. The highest BCUT2D eigenvalue weighted by molar-refractivity contribution is 7.18. The molecule has 0 amide bonds. The molecule has 1 aliphatic rings. The normalized spacial score (nSPS) is 15.5. The Labute approximate surface area is 132 Å². The summed E-state index contributed by atoms with van der Waals surface area (Å²) >= 11 is 1.60. The number of fused-ring (bicyclic) bond motifs is 3. The number of nitrogens with zero attached hydrogens (tertiary/aromatic N) is 2. The van der Waals surface area contributed by atoms with Gasteiger partial charge in [-0.1, -0.05) is 20.8 Å². The van der Waals surface area contributed by atoms with E-state index < -0.39 is 12.0 Å². The number of carboxylic acids is 1. The third-order valence-corrected chi connectivity index (χ3v) is 5.48. The molecule has 2 aromatic heterocycles. The van der Waals surface area contributed by atoms with E-state index >= 15 is 0 Å². The molecular formula is C16H20N2O3S. The van der Waals surface area contributed by atoms with Crippen molar-refractivity contribution in [3.8, 4) is 0 Å². The molecule has 1 N–H and O–H groups in total. The summed E-state index contributed by atoms with van der Waals surface area (Å²) in [5, 5.41) is 10.1. The van der Waals surface area contributed by atoms with Gasteiger partial charge in [0.2, 0.25) is 0 Å². The van der Waals surface area contributed by atoms with Gasteiger partial charge in [-0.2, -0.15) is 0 Å². The van der Waals surface area contributed by atoms with Gasteiger partial charge in [0.05, 0.1) is 5.39 Å². The van der Waals surface area contributed by atoms with Crippen LogP contribution in [0.2, 0.25) is 0 Å². The smallest absolute Gasteiger partial charge is 0.326 e. The van der Waals surface area contributed by atoms with Crippen molar-refractivity contribution in [3.05, 3.63) is 26.6 Å². The maximum atomic E-state index is 13.0. The molecule has 0 fully saturated rings. The molecule has 0 aliphatic heterocycles. The molecule has 1 aliphatic carbocycles. The molecular weight excluding hydrogens is 300 g/mol. The van der Waals surface area contributed by atoms with Gasteiger partial charge >= 0.3 is 5.97 Å². The third-order valence-electron chi connectivity index (χ3n) is 4.30. The van der Waals surface area contributed by atoms with E-state index in [4.69, 9.17) is 0 Å². The summed E-state index contributed by atoms with van der Waals surface area (Å²) in [6, 6.07) is -0.848. The zero-order chi connectivity index (χ0) is 16.0. The lowest BCUT2D eigenvalue weighted by atomic mass is 10.1. The fourth-order valence-electron chi connectivity index (χ4n) is 3.25. The Kier molecular flexibility index (Phi) is 3.80. The van der Waals surface area contributed by atoms with Gasteiger partial charge in [0.15, 0.2) is 0 Å². The molecule has 2 heterocycles. The second-order valence-electron chi connectivity index (χ2n) is 6.10. The van der Waals surface area contributed by atoms with E-state index in [1.165, 1.54) is 9.44 Å². The quantitative estimate of drug-likeness (QED) is 0.939. The first-order chi connectivity index (χ1) is 10.5. The number of hydrogen-bond acceptors (Lipinski definition) is 4. The van der Waals surface area contributed by atoms with Gasteiger partial charge < -0.3 is 5.11 Å². The Morgan fingerprint density at radius 3 is 2.73 bits per heavy atom. The predicted molar refractivity (Wildman–Crippen MR) is 87.0 cm³/mol. The van der Waals surface area contributed by atoms with Crippen LogP contribution >= 0.6 is 11.3 Å². The van der Waals surface area contributed by atoms with Crippen LogP contribution in [-0.2, 0) is 17.6 Å². The van der Waals surface area contributed by atoms with E-state index in [0.29, 0.717) is 17.6 Å². The van der Waals surface area contributed by atoms with Gasteiger partial charge in [-0.05, 0) is 31.2 Å². The number of rotatable bonds is 4. The van der Waals surface area contributed by atoms with Crippen LogP contribution in [-0.4, -0.2) is 20.6 Å². The van der Waals surface area contributed by atoms with Gasteiger partial charge in [0, 0.05) is 10.8 Å². The molecule has 118 valence electrons. The van der Waals surface area contributed by atoms with E-state index in [2.05, 4.69) is 4.98 Å². The molecule has 0 aromatic carbocycles. The van der Waals surface area contributed by atoms with Crippen LogP contribution in [0.4, 0.5) is 0 Å². The Balaban J connectivity index is 2.37. The van der Waals surface area contributed by atoms with Crippen LogP contribution in [0.5, 0.6) is 0 Å². The average molecular weight is 320 g/mol. The highest BCUT2D eigenvalue weighted by Crippen LogP contribution is 2.35. The zero-order valence-electron chi connectivity index (χ0n) is 13.0. The Morgan fingerprint density at radius 2 is 2.14 bits per heavy atom. The average Bonchev–Trinajstić information content (AvgIpc) is 3.00. The minimum Gasteiger partial charge on any atom is -0.480 e. The first-order valence-corrected chi connectivity index (χ1v) is 8.56. The van der Waals surface area contributed by atoms with Gasteiger partial charge in [-0.3, -0.25) is 9.36 Å². The molecule has 2 aromatic rings. The van der Waals surface area contributed by atoms with E-state index in [-0.39, 0.29) is 11.5 Å². The standard InChI is InChI=1S/C16H20N2O3S/c1-4-10(16(20)21)18-13(8(2)3)17-14-12(15(18)19)9-6-5-7-11(9)22-14/h8,10H,4-7H2,1-3H3,(H,20,21). The molecule has 0 bridgehead atoms. The highest BCUT2D eigenvalue weighted by atomic mass is 32.1. The molecule has 0 saturated heterocycles. The zero-order valence-corrected chi connectivity index (χ0v) is 13.9. The largest absolute Gasteiger partial charge is 0.480 e. The number of aromatic nitrogens is 2. The van der Waals surface area contributed by atoms with Crippen LogP contribution in [0.25, 0.3) is 10.2 Å². The molecule has 1 unspecified atom stereocenters.